The predicted octanol–water partition coefficient (Wildman–Crippen LogP) is 5.19. The number of halogens is 1. The van der Waals surface area contributed by atoms with Crippen LogP contribution in [0.3, 0.4) is 0 Å². The normalized spacial score (nSPS) is 15.4. The Morgan fingerprint density at radius 1 is 1.21 bits per heavy atom. The first-order valence-corrected chi connectivity index (χ1v) is 10.3. The second-order valence-corrected chi connectivity index (χ2v) is 8.48. The lowest BCUT2D eigenvalue weighted by Crippen LogP contribution is -2.31. The van der Waals surface area contributed by atoms with Gasteiger partial charge >= 0.3 is 0 Å². The van der Waals surface area contributed by atoms with Crippen molar-refractivity contribution in [3.63, 3.8) is 0 Å². The predicted molar refractivity (Wildman–Crippen MR) is 120 cm³/mol. The van der Waals surface area contributed by atoms with Gasteiger partial charge in [0.05, 0.1) is 4.91 Å². The van der Waals surface area contributed by atoms with Gasteiger partial charge in [-0.15, -0.1) is 0 Å². The number of nitrogens with zero attached hydrogens (tertiary/aromatic N) is 1. The molecule has 2 amide bonds. The molecule has 1 heterocycles. The Balaban J connectivity index is 1.64. The number of benzene rings is 2. The van der Waals surface area contributed by atoms with Crippen molar-refractivity contribution in [3.8, 4) is 0 Å². The molecule has 0 radical (unpaired) electrons. The molecule has 4 nitrogen and oxygen atoms in total. The number of hydrogen-bond acceptors (Lipinski definition) is 4. The fourth-order valence-corrected chi connectivity index (χ4v) is 4.23. The van der Waals surface area contributed by atoms with Crippen molar-refractivity contribution in [2.75, 3.05) is 11.9 Å². The number of carbonyl (C=O) groups excluding carboxylic acids is 2. The molecule has 3 rings (SSSR count). The van der Waals surface area contributed by atoms with E-state index < -0.39 is 0 Å². The molecule has 2 aromatic carbocycles. The number of aryl methyl sites for hydroxylation is 1. The number of nitrogens with one attached hydrogen (secondary N) is 1. The maximum absolute atomic E-state index is 12.7. The third kappa shape index (κ3) is 4.63. The lowest BCUT2D eigenvalue weighted by molar-refractivity contribution is -0.122. The van der Waals surface area contributed by atoms with Gasteiger partial charge in [0, 0.05) is 23.7 Å². The summed E-state index contributed by atoms with van der Waals surface area (Å²) >= 11 is 12.7. The quantitative estimate of drug-likeness (QED) is 0.524. The lowest BCUT2D eigenvalue weighted by Gasteiger charge is -2.15. The highest BCUT2D eigenvalue weighted by Gasteiger charge is 2.32. The van der Waals surface area contributed by atoms with Crippen molar-refractivity contribution in [2.24, 2.45) is 0 Å². The molecule has 0 saturated carbocycles. The van der Waals surface area contributed by atoms with Gasteiger partial charge < -0.3 is 5.32 Å². The Morgan fingerprint density at radius 3 is 2.71 bits per heavy atom. The van der Waals surface area contributed by atoms with Crippen LogP contribution in [0.2, 0.25) is 5.02 Å². The standard InChI is InChI=1S/C21H19ClN2O2S2/c1-13-6-5-9-17(14(13)2)23-19(25)10-11-24-20(26)18(28-21(24)27)12-15-7-3-4-8-16(15)22/h3-9,12H,10-11H2,1-2H3,(H,23,25). The summed E-state index contributed by atoms with van der Waals surface area (Å²) in [5.74, 6) is -0.354. The van der Waals surface area contributed by atoms with Gasteiger partial charge in [-0.05, 0) is 48.7 Å². The highest BCUT2D eigenvalue weighted by Crippen LogP contribution is 2.33. The van der Waals surface area contributed by atoms with Gasteiger partial charge in [-0.25, -0.2) is 0 Å². The summed E-state index contributed by atoms with van der Waals surface area (Å²) in [5, 5.41) is 3.47. The van der Waals surface area contributed by atoms with Crippen LogP contribution in [0.4, 0.5) is 5.69 Å². The molecular weight excluding hydrogens is 412 g/mol. The number of hydrogen-bond donors (Lipinski definition) is 1. The second kappa shape index (κ2) is 8.90. The molecule has 7 heteroatoms. The third-order valence-corrected chi connectivity index (χ3v) is 6.23. The first-order valence-electron chi connectivity index (χ1n) is 8.73. The van der Waals surface area contributed by atoms with E-state index in [0.717, 1.165) is 22.4 Å². The van der Waals surface area contributed by atoms with E-state index in [4.69, 9.17) is 23.8 Å². The fraction of sp³-hybridized carbons (Fsp3) is 0.190. The molecule has 1 N–H and O–H groups in total. The van der Waals surface area contributed by atoms with Crippen LogP contribution in [0.1, 0.15) is 23.1 Å². The SMILES string of the molecule is Cc1cccc(NC(=O)CCN2C(=O)C(=Cc3ccccc3Cl)SC2=S)c1C. The molecule has 0 aromatic heterocycles. The topological polar surface area (TPSA) is 49.4 Å². The van der Waals surface area contributed by atoms with Gasteiger partial charge in [0.15, 0.2) is 0 Å². The molecule has 144 valence electrons. The second-order valence-electron chi connectivity index (χ2n) is 6.40. The molecule has 1 saturated heterocycles. The molecule has 1 aliphatic rings. The summed E-state index contributed by atoms with van der Waals surface area (Å²) in [7, 11) is 0. The number of amides is 2. The Labute approximate surface area is 178 Å². The highest BCUT2D eigenvalue weighted by atomic mass is 35.5. The van der Waals surface area contributed by atoms with E-state index in [1.807, 2.05) is 50.2 Å². The summed E-state index contributed by atoms with van der Waals surface area (Å²) in [5.41, 5.74) is 3.69. The number of carbonyl (C=O) groups is 2. The number of thioether (sulfide) groups is 1. The van der Waals surface area contributed by atoms with Crippen molar-refractivity contribution < 1.29 is 9.59 Å². The fourth-order valence-electron chi connectivity index (χ4n) is 2.74. The zero-order valence-electron chi connectivity index (χ0n) is 15.5. The first-order chi connectivity index (χ1) is 13.4. The zero-order chi connectivity index (χ0) is 20.3. The summed E-state index contributed by atoms with van der Waals surface area (Å²) in [6.07, 6.45) is 1.90. The molecular formula is C21H19ClN2O2S2. The van der Waals surface area contributed by atoms with E-state index in [1.165, 1.54) is 16.7 Å². The number of rotatable bonds is 5. The summed E-state index contributed by atoms with van der Waals surface area (Å²) < 4.78 is 0.447. The third-order valence-electron chi connectivity index (χ3n) is 4.51. The van der Waals surface area contributed by atoms with E-state index in [0.29, 0.717) is 14.2 Å². The average Bonchev–Trinajstić information content (AvgIpc) is 2.92. The van der Waals surface area contributed by atoms with Crippen LogP contribution in [0.5, 0.6) is 0 Å². The molecule has 1 aliphatic heterocycles. The van der Waals surface area contributed by atoms with E-state index in [2.05, 4.69) is 5.32 Å². The molecule has 0 bridgehead atoms. The van der Waals surface area contributed by atoms with E-state index in [1.54, 1.807) is 12.1 Å². The summed E-state index contributed by atoms with van der Waals surface area (Å²) in [6, 6.07) is 13.1. The maximum atomic E-state index is 12.7. The minimum absolute atomic E-state index is 0.155. The Kier molecular flexibility index (Phi) is 6.54. The van der Waals surface area contributed by atoms with E-state index in [9.17, 15) is 9.59 Å². The Hall–Kier alpha value is -2.15. The van der Waals surface area contributed by atoms with Crippen molar-refractivity contribution in [1.29, 1.82) is 0 Å². The summed E-state index contributed by atoms with van der Waals surface area (Å²) in [6.45, 7) is 4.20. The Morgan fingerprint density at radius 2 is 1.96 bits per heavy atom. The van der Waals surface area contributed by atoms with Gasteiger partial charge in [-0.1, -0.05) is 65.9 Å². The minimum Gasteiger partial charge on any atom is -0.326 e. The van der Waals surface area contributed by atoms with Crippen LogP contribution in [-0.4, -0.2) is 27.6 Å². The number of anilines is 1. The monoisotopic (exact) mass is 430 g/mol. The summed E-state index contributed by atoms with van der Waals surface area (Å²) in [4.78, 5) is 27.0. The van der Waals surface area contributed by atoms with Crippen LogP contribution in [0.15, 0.2) is 47.4 Å². The van der Waals surface area contributed by atoms with Gasteiger partial charge in [0.25, 0.3) is 5.91 Å². The molecule has 0 aliphatic carbocycles. The van der Waals surface area contributed by atoms with Crippen molar-refractivity contribution in [1.82, 2.24) is 4.90 Å². The Bertz CT molecular complexity index is 988. The van der Waals surface area contributed by atoms with Gasteiger partial charge in [-0.2, -0.15) is 0 Å². The van der Waals surface area contributed by atoms with Gasteiger partial charge in [0.1, 0.15) is 4.32 Å². The minimum atomic E-state index is -0.200. The molecule has 28 heavy (non-hydrogen) atoms. The maximum Gasteiger partial charge on any atom is 0.266 e. The molecule has 1 fully saturated rings. The lowest BCUT2D eigenvalue weighted by atomic mass is 10.1. The average molecular weight is 431 g/mol. The molecule has 0 spiro atoms. The van der Waals surface area contributed by atoms with Crippen molar-refractivity contribution in [3.05, 3.63) is 69.1 Å². The highest BCUT2D eigenvalue weighted by molar-refractivity contribution is 8.26. The number of thiocarbonyl (C=S) groups is 1. The molecule has 2 aromatic rings. The van der Waals surface area contributed by atoms with Crippen molar-refractivity contribution >= 4 is 63.5 Å². The van der Waals surface area contributed by atoms with E-state index >= 15 is 0 Å². The van der Waals surface area contributed by atoms with Gasteiger partial charge in [0.2, 0.25) is 5.91 Å². The van der Waals surface area contributed by atoms with Crippen LogP contribution in [-0.2, 0) is 9.59 Å². The largest absolute Gasteiger partial charge is 0.326 e. The molecule has 0 atom stereocenters. The van der Waals surface area contributed by atoms with Crippen molar-refractivity contribution in [2.45, 2.75) is 20.3 Å². The smallest absolute Gasteiger partial charge is 0.266 e. The molecule has 0 unspecified atom stereocenters. The zero-order valence-corrected chi connectivity index (χ0v) is 17.9. The van der Waals surface area contributed by atoms with Crippen LogP contribution in [0, 0.1) is 13.8 Å². The van der Waals surface area contributed by atoms with Crippen LogP contribution < -0.4 is 5.32 Å². The van der Waals surface area contributed by atoms with Gasteiger partial charge in [-0.3, -0.25) is 14.5 Å². The first kappa shape index (κ1) is 20.6. The van der Waals surface area contributed by atoms with Crippen LogP contribution >= 0.6 is 35.6 Å². The van der Waals surface area contributed by atoms with E-state index in [-0.39, 0.29) is 24.8 Å². The van der Waals surface area contributed by atoms with Crippen LogP contribution in [0.25, 0.3) is 6.08 Å².